The van der Waals surface area contributed by atoms with E-state index in [9.17, 15) is 9.59 Å². The zero-order valence-corrected chi connectivity index (χ0v) is 15.3. The molecule has 1 aliphatic heterocycles. The average Bonchev–Trinajstić information content (AvgIpc) is 2.78. The Labute approximate surface area is 154 Å². The van der Waals surface area contributed by atoms with Gasteiger partial charge in [0.1, 0.15) is 5.54 Å². The first-order chi connectivity index (χ1) is 12.5. The van der Waals surface area contributed by atoms with E-state index < -0.39 is 5.54 Å². The van der Waals surface area contributed by atoms with Crippen molar-refractivity contribution < 1.29 is 9.59 Å². The van der Waals surface area contributed by atoms with Crippen LogP contribution in [0.5, 0.6) is 0 Å². The number of hydrogen-bond acceptors (Lipinski definition) is 2. The summed E-state index contributed by atoms with van der Waals surface area (Å²) in [6, 6.07) is 13.9. The molecule has 2 aliphatic rings. The van der Waals surface area contributed by atoms with Crippen LogP contribution in [0.4, 0.5) is 4.79 Å². The molecule has 4 rings (SSSR count). The number of rotatable bonds is 2. The fourth-order valence-corrected chi connectivity index (χ4v) is 4.26. The third-order valence-corrected chi connectivity index (χ3v) is 5.73. The molecule has 1 fully saturated rings. The normalized spacial score (nSPS) is 22.3. The Hall–Kier alpha value is -2.62. The molecular formula is C22H24N2O2. The maximum absolute atomic E-state index is 13.5. The minimum Gasteiger partial charge on any atom is -0.319 e. The van der Waals surface area contributed by atoms with E-state index in [1.165, 1.54) is 10.5 Å². The first-order valence-electron chi connectivity index (χ1n) is 9.30. The number of aryl methyl sites for hydroxylation is 3. The number of imide groups is 1. The van der Waals surface area contributed by atoms with Crippen molar-refractivity contribution in [2.24, 2.45) is 0 Å². The Kier molecular flexibility index (Phi) is 4.06. The lowest BCUT2D eigenvalue weighted by molar-refractivity contribution is -0.132. The molecule has 0 saturated carbocycles. The van der Waals surface area contributed by atoms with Crippen LogP contribution in [-0.2, 0) is 23.3 Å². The predicted octanol–water partition coefficient (Wildman–Crippen LogP) is 3.98. The van der Waals surface area contributed by atoms with Crippen LogP contribution in [0, 0.1) is 13.8 Å². The number of nitrogens with one attached hydrogen (secondary N) is 1. The molecule has 4 nitrogen and oxygen atoms in total. The average molecular weight is 348 g/mol. The van der Waals surface area contributed by atoms with Crippen molar-refractivity contribution in [1.82, 2.24) is 10.2 Å². The van der Waals surface area contributed by atoms with Crippen molar-refractivity contribution in [2.75, 3.05) is 0 Å². The van der Waals surface area contributed by atoms with Gasteiger partial charge >= 0.3 is 6.03 Å². The summed E-state index contributed by atoms with van der Waals surface area (Å²) < 4.78 is 0. The Morgan fingerprint density at radius 1 is 1.08 bits per heavy atom. The first-order valence-corrected chi connectivity index (χ1v) is 9.30. The van der Waals surface area contributed by atoms with Gasteiger partial charge in [0.15, 0.2) is 0 Å². The summed E-state index contributed by atoms with van der Waals surface area (Å²) in [6.45, 7) is 4.36. The number of hydrogen-bond donors (Lipinski definition) is 1. The lowest BCUT2D eigenvalue weighted by atomic mass is 9.84. The number of benzene rings is 2. The van der Waals surface area contributed by atoms with E-state index >= 15 is 0 Å². The molecule has 1 aliphatic carbocycles. The van der Waals surface area contributed by atoms with Gasteiger partial charge in [0, 0.05) is 0 Å². The lowest BCUT2D eigenvalue weighted by Gasteiger charge is -2.27. The molecule has 134 valence electrons. The number of carbonyl (C=O) groups is 2. The molecule has 1 heterocycles. The molecule has 26 heavy (non-hydrogen) atoms. The molecular weight excluding hydrogens is 324 g/mol. The Balaban J connectivity index is 1.73. The van der Waals surface area contributed by atoms with Crippen LogP contribution < -0.4 is 5.32 Å². The largest absolute Gasteiger partial charge is 0.325 e. The van der Waals surface area contributed by atoms with Crippen LogP contribution >= 0.6 is 0 Å². The van der Waals surface area contributed by atoms with Gasteiger partial charge in [-0.05, 0) is 61.8 Å². The van der Waals surface area contributed by atoms with Gasteiger partial charge in [-0.25, -0.2) is 4.79 Å². The van der Waals surface area contributed by atoms with Crippen LogP contribution in [0.25, 0.3) is 0 Å². The summed E-state index contributed by atoms with van der Waals surface area (Å²) in [5.41, 5.74) is 4.49. The Bertz CT molecular complexity index is 889. The van der Waals surface area contributed by atoms with Crippen molar-refractivity contribution >= 4 is 11.9 Å². The van der Waals surface area contributed by atoms with Gasteiger partial charge in [0.05, 0.1) is 6.54 Å². The number of urea groups is 1. The third kappa shape index (κ3) is 2.61. The predicted molar refractivity (Wildman–Crippen MR) is 101 cm³/mol. The molecule has 0 unspecified atom stereocenters. The topological polar surface area (TPSA) is 49.4 Å². The van der Waals surface area contributed by atoms with E-state index in [0.717, 1.165) is 41.5 Å². The van der Waals surface area contributed by atoms with Crippen molar-refractivity contribution in [3.63, 3.8) is 0 Å². The molecule has 1 spiro atoms. The second kappa shape index (κ2) is 6.27. The molecule has 4 heteroatoms. The van der Waals surface area contributed by atoms with Gasteiger partial charge in [-0.1, -0.05) is 48.0 Å². The lowest BCUT2D eigenvalue weighted by Crippen LogP contribution is -2.44. The minimum absolute atomic E-state index is 0.113. The molecule has 0 aromatic heterocycles. The van der Waals surface area contributed by atoms with Gasteiger partial charge in [0.25, 0.3) is 5.91 Å². The second-order valence-electron chi connectivity index (χ2n) is 7.52. The zero-order valence-electron chi connectivity index (χ0n) is 15.3. The van der Waals surface area contributed by atoms with Gasteiger partial charge in [-0.3, -0.25) is 9.69 Å². The first kappa shape index (κ1) is 16.8. The number of fused-ring (bicyclic) bond motifs is 2. The smallest absolute Gasteiger partial charge is 0.319 e. The maximum Gasteiger partial charge on any atom is 0.325 e. The van der Waals surface area contributed by atoms with Crippen molar-refractivity contribution in [1.29, 1.82) is 0 Å². The Morgan fingerprint density at radius 3 is 2.73 bits per heavy atom. The van der Waals surface area contributed by atoms with Crippen molar-refractivity contribution in [3.8, 4) is 0 Å². The van der Waals surface area contributed by atoms with Gasteiger partial charge in [0.2, 0.25) is 0 Å². The summed E-state index contributed by atoms with van der Waals surface area (Å²) in [4.78, 5) is 27.6. The van der Waals surface area contributed by atoms with E-state index in [2.05, 4.69) is 17.4 Å². The minimum atomic E-state index is -0.901. The number of amides is 3. The van der Waals surface area contributed by atoms with Crippen LogP contribution in [0.1, 0.15) is 47.1 Å². The number of nitrogens with zero attached hydrogens (tertiary/aromatic N) is 1. The van der Waals surface area contributed by atoms with Crippen molar-refractivity contribution in [2.45, 2.75) is 51.6 Å². The highest BCUT2D eigenvalue weighted by atomic mass is 16.2. The third-order valence-electron chi connectivity index (χ3n) is 5.73. The summed E-state index contributed by atoms with van der Waals surface area (Å²) >= 11 is 0. The van der Waals surface area contributed by atoms with Crippen molar-refractivity contribution in [3.05, 3.63) is 70.3 Å². The molecule has 2 aromatic carbocycles. The van der Waals surface area contributed by atoms with Crippen LogP contribution in [-0.4, -0.2) is 16.8 Å². The fourth-order valence-electron chi connectivity index (χ4n) is 4.26. The van der Waals surface area contributed by atoms with E-state index in [-0.39, 0.29) is 11.9 Å². The number of carbonyl (C=O) groups excluding carboxylic acids is 2. The SMILES string of the molecule is Cc1ccc(C)c(CN2C(=O)N[C@]3(CCCCc4ccccc43)C2=O)c1. The van der Waals surface area contributed by atoms with E-state index in [1.54, 1.807) is 0 Å². The molecule has 1 saturated heterocycles. The molecule has 3 amide bonds. The quantitative estimate of drug-likeness (QED) is 0.835. The summed E-state index contributed by atoms with van der Waals surface area (Å²) in [5, 5.41) is 3.06. The molecule has 2 aromatic rings. The molecule has 0 radical (unpaired) electrons. The van der Waals surface area contributed by atoms with E-state index in [0.29, 0.717) is 13.0 Å². The summed E-state index contributed by atoms with van der Waals surface area (Å²) in [6.07, 6.45) is 3.59. The molecule has 1 N–H and O–H groups in total. The molecule has 1 atom stereocenters. The zero-order chi connectivity index (χ0) is 18.3. The monoisotopic (exact) mass is 348 g/mol. The molecule has 0 bridgehead atoms. The van der Waals surface area contributed by atoms with Crippen LogP contribution in [0.2, 0.25) is 0 Å². The fraction of sp³-hybridized carbons (Fsp3) is 0.364. The highest BCUT2D eigenvalue weighted by Crippen LogP contribution is 2.39. The van der Waals surface area contributed by atoms with Gasteiger partial charge in [-0.15, -0.1) is 0 Å². The van der Waals surface area contributed by atoms with Gasteiger partial charge < -0.3 is 5.32 Å². The summed E-state index contributed by atoms with van der Waals surface area (Å²) in [7, 11) is 0. The standard InChI is InChI=1S/C22H24N2O2/c1-15-10-11-16(2)18(13-15)14-24-20(25)22(23-21(24)26)12-6-5-8-17-7-3-4-9-19(17)22/h3-4,7,9-11,13H,5-6,8,12,14H2,1-2H3,(H,23,26)/t22-/m0/s1. The second-order valence-corrected chi connectivity index (χ2v) is 7.52. The van der Waals surface area contributed by atoms with E-state index in [4.69, 9.17) is 0 Å². The summed E-state index contributed by atoms with van der Waals surface area (Å²) in [5.74, 6) is -0.113. The van der Waals surface area contributed by atoms with Crippen LogP contribution in [0.15, 0.2) is 42.5 Å². The Morgan fingerprint density at radius 2 is 1.88 bits per heavy atom. The van der Waals surface area contributed by atoms with E-state index in [1.807, 2.05) is 44.2 Å². The van der Waals surface area contributed by atoms with Crippen LogP contribution in [0.3, 0.4) is 0 Å². The van der Waals surface area contributed by atoms with Gasteiger partial charge in [-0.2, -0.15) is 0 Å². The maximum atomic E-state index is 13.5. The highest BCUT2D eigenvalue weighted by Gasteiger charge is 2.53. The highest BCUT2D eigenvalue weighted by molar-refractivity contribution is 6.07.